The Balaban J connectivity index is 0. The molecule has 5 heteroatoms. The van der Waals surface area contributed by atoms with E-state index in [2.05, 4.69) is 116 Å². The first-order valence-electron chi connectivity index (χ1n) is 8.96. The molecule has 0 spiro atoms. The second kappa shape index (κ2) is 16.8. The zero-order valence-corrected chi connectivity index (χ0v) is 21.8. The van der Waals surface area contributed by atoms with Crippen LogP contribution in [0.15, 0.2) is 103 Å². The largest absolute Gasteiger partial charge is 3.00 e. The molecule has 157 valence electrons. The van der Waals surface area contributed by atoms with Crippen molar-refractivity contribution in [2.75, 3.05) is 19.5 Å². The Bertz CT molecular complexity index is 842. The molecule has 0 amide bonds. The summed E-state index contributed by atoms with van der Waals surface area (Å²) in [5.74, 6) is 1.47. The molecule has 0 aliphatic heterocycles. The normalized spacial score (nSPS) is 9.03. The first kappa shape index (κ1) is 31.3. The van der Waals surface area contributed by atoms with Gasteiger partial charge in [0.2, 0.25) is 0 Å². The summed E-state index contributed by atoms with van der Waals surface area (Å²) in [6.45, 7) is 4.67. The van der Waals surface area contributed by atoms with Gasteiger partial charge in [-0.25, -0.2) is 0 Å². The van der Waals surface area contributed by atoms with Gasteiger partial charge in [0.25, 0.3) is 0 Å². The topological polar surface area (TPSA) is 0 Å². The number of hydrogen-bond donors (Lipinski definition) is 0. The summed E-state index contributed by atoms with van der Waals surface area (Å²) in [5.41, 5.74) is 2.71. The number of benzene rings is 3. The molecule has 30 heavy (non-hydrogen) atoms. The van der Waals surface area contributed by atoms with Crippen LogP contribution in [-0.2, 0) is 21.7 Å². The van der Waals surface area contributed by atoms with Gasteiger partial charge in [-0.3, -0.25) is 0 Å². The van der Waals surface area contributed by atoms with Gasteiger partial charge >= 0.3 is 21.7 Å². The van der Waals surface area contributed by atoms with E-state index in [0.29, 0.717) is 0 Å². The summed E-state index contributed by atoms with van der Waals surface area (Å²) in [5, 5.41) is 2.66. The van der Waals surface area contributed by atoms with Crippen LogP contribution in [0, 0.1) is 5.92 Å². The van der Waals surface area contributed by atoms with Crippen LogP contribution in [0.1, 0.15) is 11.1 Å². The molecule has 0 unspecified atom stereocenters. The van der Waals surface area contributed by atoms with Crippen molar-refractivity contribution in [1.29, 1.82) is 0 Å². The van der Waals surface area contributed by atoms with Crippen LogP contribution in [0.4, 0.5) is 0 Å². The third kappa shape index (κ3) is 9.53. The third-order valence-electron chi connectivity index (χ3n) is 4.27. The van der Waals surface area contributed by atoms with Crippen LogP contribution in [0.5, 0.6) is 0 Å². The van der Waals surface area contributed by atoms with E-state index in [9.17, 15) is 0 Å². The van der Waals surface area contributed by atoms with E-state index >= 15 is 0 Å². The summed E-state index contributed by atoms with van der Waals surface area (Å²) in [6, 6.07) is 36.1. The Morgan fingerprint density at radius 3 is 1.60 bits per heavy atom. The van der Waals surface area contributed by atoms with Crippen LogP contribution in [0.3, 0.4) is 0 Å². The Morgan fingerprint density at radius 2 is 1.13 bits per heavy atom. The molecule has 0 saturated heterocycles. The van der Waals surface area contributed by atoms with E-state index in [0.717, 1.165) is 0 Å². The van der Waals surface area contributed by atoms with Crippen LogP contribution in [-0.4, -0.2) is 19.5 Å². The van der Waals surface area contributed by atoms with Crippen molar-refractivity contribution in [1.82, 2.24) is 0 Å². The van der Waals surface area contributed by atoms with Gasteiger partial charge < -0.3 is 37.2 Å². The molecular weight excluding hydrogens is 485 g/mol. The summed E-state index contributed by atoms with van der Waals surface area (Å²) in [4.78, 5) is 0. The maximum absolute atomic E-state index is 2.33. The fourth-order valence-electron chi connectivity index (χ4n) is 3.01. The van der Waals surface area contributed by atoms with Gasteiger partial charge in [-0.2, -0.15) is 17.5 Å². The fourth-order valence-corrected chi connectivity index (χ4v) is 4.01. The van der Waals surface area contributed by atoms with Gasteiger partial charge in [0.1, 0.15) is 0 Å². The molecule has 0 heterocycles. The van der Waals surface area contributed by atoms with E-state index in [4.69, 9.17) is 0 Å². The van der Waals surface area contributed by atoms with Crippen molar-refractivity contribution >= 4 is 18.7 Å². The predicted molar refractivity (Wildman–Crippen MR) is 118 cm³/mol. The first-order valence-corrected chi connectivity index (χ1v) is 11.4. The van der Waals surface area contributed by atoms with Crippen molar-refractivity contribution in [2.45, 2.75) is 0 Å². The van der Waals surface area contributed by atoms with E-state index in [-0.39, 0.29) is 66.9 Å². The minimum Gasteiger partial charge on any atom is -1.00 e. The Labute approximate surface area is 216 Å². The van der Waals surface area contributed by atoms with Crippen molar-refractivity contribution in [3.05, 3.63) is 120 Å². The van der Waals surface area contributed by atoms with E-state index in [1.807, 2.05) is 0 Å². The minimum atomic E-state index is 0. The predicted octanol–water partition coefficient (Wildman–Crippen LogP) is -2.03. The van der Waals surface area contributed by atoms with E-state index in [1.165, 1.54) is 34.0 Å². The summed E-state index contributed by atoms with van der Waals surface area (Å²) in [7, 11) is 0.0759. The summed E-state index contributed by atoms with van der Waals surface area (Å²) < 4.78 is 0. The molecule has 0 saturated carbocycles. The maximum atomic E-state index is 2.33. The van der Waals surface area contributed by atoms with Crippen molar-refractivity contribution in [3.63, 3.8) is 0 Å². The Hall–Kier alpha value is -0.846. The zero-order chi connectivity index (χ0) is 18.2. The molecule has 4 aromatic rings. The van der Waals surface area contributed by atoms with Gasteiger partial charge in [0.05, 0.1) is 0 Å². The second-order valence-electron chi connectivity index (χ2n) is 6.60. The molecule has 0 N–H and O–H groups in total. The molecule has 0 aliphatic carbocycles. The van der Waals surface area contributed by atoms with E-state index in [1.54, 1.807) is 0 Å². The quantitative estimate of drug-likeness (QED) is 0.169. The summed E-state index contributed by atoms with van der Waals surface area (Å²) >= 11 is 0. The number of rotatable bonds is 4. The molecule has 0 fully saturated rings. The van der Waals surface area contributed by atoms with Gasteiger partial charge in [-0.05, 0) is 19.5 Å². The fraction of sp³-hybridized carbons (Fsp3) is 0.120. The average molecular weight is 511 g/mol. The first-order chi connectivity index (χ1) is 12.7. The zero-order valence-electron chi connectivity index (χ0n) is 17.1. The molecule has 1 radical (unpaired) electrons. The molecule has 0 atom stereocenters. The van der Waals surface area contributed by atoms with Crippen LogP contribution < -0.4 is 37.2 Å². The average Bonchev–Trinajstić information content (AvgIpc) is 3.17. The smallest absolute Gasteiger partial charge is 1.00 e. The van der Waals surface area contributed by atoms with Crippen molar-refractivity contribution in [2.24, 2.45) is 0 Å². The monoisotopic (exact) mass is 509 g/mol. The minimum absolute atomic E-state index is 0. The van der Waals surface area contributed by atoms with Crippen LogP contribution in [0.25, 0.3) is 10.8 Å². The maximum Gasteiger partial charge on any atom is 3.00 e. The second-order valence-corrected chi connectivity index (χ2v) is 9.08. The third-order valence-corrected chi connectivity index (χ3v) is 5.22. The Kier molecular flexibility index (Phi) is 17.5. The van der Waals surface area contributed by atoms with Gasteiger partial charge in [0, 0.05) is 0 Å². The SMILES string of the molecule is CP(C)C[C-](c1ccccc1)c1ccccc1.[Cl-].[Cl-].[Cl-].[Ti+3].c1ccc2[cH-]ccc2c1. The standard InChI is InChI=1S/C16H18P.C9H7.3ClH.Ti/c1-17(2)13-16(14-9-5-3-6-10-14)15-11-7-4-8-12-15;1-2-5-9-7-3-6-8(9)4-1;;;;/h3-12H,13H2,1-2H3;1-7H;3*1H;/q2*-1;;;;+3/p-3. The van der Waals surface area contributed by atoms with Crippen LogP contribution >= 0.6 is 7.92 Å². The number of fused-ring (bicyclic) bond motifs is 1. The Morgan fingerprint density at radius 1 is 0.667 bits per heavy atom. The number of hydrogen-bond acceptors (Lipinski definition) is 0. The molecule has 0 aliphatic rings. The van der Waals surface area contributed by atoms with Crippen molar-refractivity contribution in [3.8, 4) is 0 Å². The number of halogens is 3. The molecule has 4 aromatic carbocycles. The van der Waals surface area contributed by atoms with Gasteiger partial charge in [0.15, 0.2) is 0 Å². The molecule has 4 rings (SSSR count). The van der Waals surface area contributed by atoms with Gasteiger partial charge in [-0.15, -0.1) is 78.9 Å². The molecule has 0 bridgehead atoms. The van der Waals surface area contributed by atoms with Crippen LogP contribution in [0.2, 0.25) is 0 Å². The molecule has 0 nitrogen and oxygen atoms in total. The molecule has 0 aromatic heterocycles. The summed E-state index contributed by atoms with van der Waals surface area (Å²) in [6.07, 6.45) is 1.18. The molecular formula is C25H25Cl3PTi-2. The van der Waals surface area contributed by atoms with E-state index < -0.39 is 0 Å². The van der Waals surface area contributed by atoms with Gasteiger partial charge in [-0.1, -0.05) is 42.5 Å². The van der Waals surface area contributed by atoms with Crippen molar-refractivity contribution < 1.29 is 58.9 Å².